The third-order valence-electron chi connectivity index (χ3n) is 3.96. The Morgan fingerprint density at radius 1 is 1.09 bits per heavy atom. The topological polar surface area (TPSA) is 59.5 Å². The van der Waals surface area contributed by atoms with Crippen LogP contribution in [0.4, 0.5) is 0 Å². The zero-order valence-electron chi connectivity index (χ0n) is 13.0. The highest BCUT2D eigenvalue weighted by Gasteiger charge is 2.21. The van der Waals surface area contributed by atoms with Gasteiger partial charge in [0.15, 0.2) is 5.76 Å². The van der Waals surface area contributed by atoms with Crippen LogP contribution in [0.15, 0.2) is 40.8 Å². The molecular formula is C19H20N2O2. The number of hydrogen-bond donors (Lipinski definition) is 1. The summed E-state index contributed by atoms with van der Waals surface area (Å²) in [6.07, 6.45) is 3.35. The molecule has 1 aromatic carbocycles. The fourth-order valence-corrected chi connectivity index (χ4v) is 2.73. The normalized spacial score (nSPS) is 14.2. The second-order valence-electron chi connectivity index (χ2n) is 5.60. The molecule has 1 saturated heterocycles. The van der Waals surface area contributed by atoms with Crippen molar-refractivity contribution in [1.82, 2.24) is 4.90 Å². The molecule has 4 heteroatoms. The van der Waals surface area contributed by atoms with E-state index >= 15 is 0 Å². The van der Waals surface area contributed by atoms with Crippen LogP contribution >= 0.6 is 0 Å². The highest BCUT2D eigenvalue weighted by atomic mass is 16.4. The molecule has 0 radical (unpaired) electrons. The van der Waals surface area contributed by atoms with Crippen molar-refractivity contribution in [3.63, 3.8) is 0 Å². The smallest absolute Gasteiger partial charge is 0.289 e. The number of nitrogens with two attached hydrogens (primary N) is 1. The molecule has 0 saturated carbocycles. The van der Waals surface area contributed by atoms with Gasteiger partial charge in [-0.1, -0.05) is 24.0 Å². The Labute approximate surface area is 136 Å². The molecule has 0 aliphatic carbocycles. The molecular weight excluding hydrogens is 288 g/mol. The zero-order valence-corrected chi connectivity index (χ0v) is 13.0. The van der Waals surface area contributed by atoms with Gasteiger partial charge in [0, 0.05) is 24.2 Å². The van der Waals surface area contributed by atoms with Crippen molar-refractivity contribution in [3.05, 3.63) is 47.7 Å². The minimum atomic E-state index is -0.0126. The molecule has 0 unspecified atom stereocenters. The van der Waals surface area contributed by atoms with Gasteiger partial charge < -0.3 is 15.1 Å². The fourth-order valence-electron chi connectivity index (χ4n) is 2.73. The Hall–Kier alpha value is -2.51. The maximum absolute atomic E-state index is 12.4. The number of amides is 1. The molecule has 0 bridgehead atoms. The van der Waals surface area contributed by atoms with E-state index in [0.29, 0.717) is 18.1 Å². The van der Waals surface area contributed by atoms with Crippen molar-refractivity contribution in [2.75, 3.05) is 19.6 Å². The van der Waals surface area contributed by atoms with Crippen LogP contribution in [-0.2, 0) is 0 Å². The lowest BCUT2D eigenvalue weighted by molar-refractivity contribution is 0.0693. The standard InChI is InChI=1S/C19H20N2O2/c20-12-4-5-15-6-8-16(9-7-15)17-10-11-18(23-17)19(22)21-13-2-1-3-14-21/h6-11H,1-3,12-14,20H2. The van der Waals surface area contributed by atoms with Crippen LogP contribution < -0.4 is 5.73 Å². The van der Waals surface area contributed by atoms with Crippen LogP contribution in [0.3, 0.4) is 0 Å². The minimum absolute atomic E-state index is 0.0126. The van der Waals surface area contributed by atoms with Gasteiger partial charge in [0.1, 0.15) is 5.76 Å². The molecule has 1 fully saturated rings. The van der Waals surface area contributed by atoms with Crippen LogP contribution in [0, 0.1) is 11.8 Å². The maximum atomic E-state index is 12.4. The Kier molecular flexibility index (Phi) is 4.80. The fraction of sp³-hybridized carbons (Fsp3) is 0.316. The number of piperidine rings is 1. The lowest BCUT2D eigenvalue weighted by Gasteiger charge is -2.25. The average molecular weight is 308 g/mol. The highest BCUT2D eigenvalue weighted by molar-refractivity contribution is 5.92. The Balaban J connectivity index is 1.74. The molecule has 2 N–H and O–H groups in total. The number of rotatable bonds is 2. The van der Waals surface area contributed by atoms with Gasteiger partial charge in [0.05, 0.1) is 6.54 Å². The van der Waals surface area contributed by atoms with Crippen molar-refractivity contribution in [2.24, 2.45) is 5.73 Å². The van der Waals surface area contributed by atoms with Crippen molar-refractivity contribution in [1.29, 1.82) is 0 Å². The van der Waals surface area contributed by atoms with E-state index in [1.807, 2.05) is 35.2 Å². The number of carbonyl (C=O) groups excluding carboxylic acids is 1. The van der Waals surface area contributed by atoms with Gasteiger partial charge in [-0.2, -0.15) is 0 Å². The first kappa shape index (κ1) is 15.4. The van der Waals surface area contributed by atoms with Gasteiger partial charge in [0.25, 0.3) is 5.91 Å². The van der Waals surface area contributed by atoms with Gasteiger partial charge in [0.2, 0.25) is 0 Å². The number of carbonyl (C=O) groups is 1. The molecule has 3 rings (SSSR count). The van der Waals surface area contributed by atoms with E-state index in [1.54, 1.807) is 6.07 Å². The molecule has 1 amide bonds. The lowest BCUT2D eigenvalue weighted by Crippen LogP contribution is -2.35. The van der Waals surface area contributed by atoms with Crippen molar-refractivity contribution in [3.8, 4) is 23.2 Å². The van der Waals surface area contributed by atoms with E-state index in [1.165, 1.54) is 6.42 Å². The third kappa shape index (κ3) is 3.64. The molecule has 1 aliphatic rings. The van der Waals surface area contributed by atoms with E-state index in [2.05, 4.69) is 11.8 Å². The van der Waals surface area contributed by atoms with Crippen LogP contribution in [0.2, 0.25) is 0 Å². The minimum Gasteiger partial charge on any atom is -0.451 e. The van der Waals surface area contributed by atoms with Crippen LogP contribution in [0.5, 0.6) is 0 Å². The van der Waals surface area contributed by atoms with Crippen molar-refractivity contribution < 1.29 is 9.21 Å². The van der Waals surface area contributed by atoms with Gasteiger partial charge in [-0.25, -0.2) is 0 Å². The third-order valence-corrected chi connectivity index (χ3v) is 3.96. The first-order chi connectivity index (χ1) is 11.3. The first-order valence-electron chi connectivity index (χ1n) is 7.96. The summed E-state index contributed by atoms with van der Waals surface area (Å²) < 4.78 is 5.76. The summed E-state index contributed by atoms with van der Waals surface area (Å²) in [7, 11) is 0. The van der Waals surface area contributed by atoms with Gasteiger partial charge >= 0.3 is 0 Å². The number of likely N-dealkylation sites (tertiary alicyclic amines) is 1. The number of nitrogens with zero attached hydrogens (tertiary/aromatic N) is 1. The summed E-state index contributed by atoms with van der Waals surface area (Å²) in [5.74, 6) is 6.90. The Bertz CT molecular complexity index is 729. The SMILES string of the molecule is NCC#Cc1ccc(-c2ccc(C(=O)N3CCCCC3)o2)cc1. The monoisotopic (exact) mass is 308 g/mol. The first-order valence-corrected chi connectivity index (χ1v) is 7.96. The van der Waals surface area contributed by atoms with Gasteiger partial charge in [-0.15, -0.1) is 0 Å². The molecule has 2 aromatic rings. The van der Waals surface area contributed by atoms with Crippen LogP contribution in [0.25, 0.3) is 11.3 Å². The number of furan rings is 1. The quantitative estimate of drug-likeness (QED) is 0.868. The predicted molar refractivity (Wildman–Crippen MR) is 89.8 cm³/mol. The van der Waals surface area contributed by atoms with Crippen molar-refractivity contribution in [2.45, 2.75) is 19.3 Å². The van der Waals surface area contributed by atoms with E-state index in [9.17, 15) is 4.79 Å². The van der Waals surface area contributed by atoms with E-state index in [0.717, 1.165) is 37.1 Å². The van der Waals surface area contributed by atoms with Crippen LogP contribution in [0.1, 0.15) is 35.4 Å². The number of benzene rings is 1. The lowest BCUT2D eigenvalue weighted by atomic mass is 10.1. The molecule has 4 nitrogen and oxygen atoms in total. The summed E-state index contributed by atoms with van der Waals surface area (Å²) in [5, 5.41) is 0. The summed E-state index contributed by atoms with van der Waals surface area (Å²) in [6, 6.07) is 11.3. The zero-order chi connectivity index (χ0) is 16.1. The average Bonchev–Trinajstić information content (AvgIpc) is 3.10. The molecule has 1 aromatic heterocycles. The molecule has 0 atom stereocenters. The summed E-state index contributed by atoms with van der Waals surface area (Å²) in [5.41, 5.74) is 7.21. The number of hydrogen-bond acceptors (Lipinski definition) is 3. The molecule has 2 heterocycles. The predicted octanol–water partition coefficient (Wildman–Crippen LogP) is 2.88. The Morgan fingerprint density at radius 3 is 2.52 bits per heavy atom. The summed E-state index contributed by atoms with van der Waals surface area (Å²) >= 11 is 0. The van der Waals surface area contributed by atoms with Crippen molar-refractivity contribution >= 4 is 5.91 Å². The van der Waals surface area contributed by atoms with E-state index < -0.39 is 0 Å². The summed E-state index contributed by atoms with van der Waals surface area (Å²) in [6.45, 7) is 1.99. The molecule has 1 aliphatic heterocycles. The largest absolute Gasteiger partial charge is 0.451 e. The van der Waals surface area contributed by atoms with E-state index in [-0.39, 0.29) is 5.91 Å². The maximum Gasteiger partial charge on any atom is 0.289 e. The van der Waals surface area contributed by atoms with Gasteiger partial charge in [-0.3, -0.25) is 4.79 Å². The molecule has 0 spiro atoms. The van der Waals surface area contributed by atoms with Crippen LogP contribution in [-0.4, -0.2) is 30.4 Å². The second-order valence-corrected chi connectivity index (χ2v) is 5.60. The highest BCUT2D eigenvalue weighted by Crippen LogP contribution is 2.24. The molecule has 118 valence electrons. The van der Waals surface area contributed by atoms with Gasteiger partial charge in [-0.05, 0) is 43.5 Å². The molecule has 23 heavy (non-hydrogen) atoms. The summed E-state index contributed by atoms with van der Waals surface area (Å²) in [4.78, 5) is 14.3. The van der Waals surface area contributed by atoms with E-state index in [4.69, 9.17) is 10.2 Å². The Morgan fingerprint density at radius 2 is 1.83 bits per heavy atom. The second kappa shape index (κ2) is 7.17.